The minimum Gasteiger partial charge on any atom is -0.348 e. The number of aromatic nitrogens is 3. The van der Waals surface area contributed by atoms with Gasteiger partial charge in [0.1, 0.15) is 0 Å². The number of amides is 1. The van der Waals surface area contributed by atoms with Crippen molar-refractivity contribution in [3.05, 3.63) is 81.6 Å². The molecule has 0 spiro atoms. The molecular formula is C18H16N4O2S. The number of benzene rings is 1. The van der Waals surface area contributed by atoms with Gasteiger partial charge in [-0.2, -0.15) is 0 Å². The van der Waals surface area contributed by atoms with E-state index in [0.717, 1.165) is 5.56 Å². The van der Waals surface area contributed by atoms with Crippen LogP contribution in [0.5, 0.6) is 0 Å². The smallest absolute Gasteiger partial charge is 0.262 e. The largest absolute Gasteiger partial charge is 0.348 e. The van der Waals surface area contributed by atoms with E-state index in [9.17, 15) is 9.59 Å². The van der Waals surface area contributed by atoms with Gasteiger partial charge in [0.2, 0.25) is 0 Å². The fourth-order valence-corrected chi connectivity index (χ4v) is 2.75. The summed E-state index contributed by atoms with van der Waals surface area (Å²) in [5.74, 6) is -0.236. The zero-order chi connectivity index (χ0) is 17.8. The van der Waals surface area contributed by atoms with Crippen LogP contribution in [0.2, 0.25) is 0 Å². The van der Waals surface area contributed by atoms with Crippen LogP contribution < -0.4 is 10.9 Å². The Hall–Kier alpha value is -3.06. The van der Waals surface area contributed by atoms with Crippen molar-refractivity contribution in [2.45, 2.75) is 13.1 Å². The van der Waals surface area contributed by atoms with E-state index in [1.165, 1.54) is 4.57 Å². The normalized spacial score (nSPS) is 10.6. The van der Waals surface area contributed by atoms with Crippen molar-refractivity contribution in [3.63, 3.8) is 0 Å². The van der Waals surface area contributed by atoms with Gasteiger partial charge in [0.15, 0.2) is 4.77 Å². The molecule has 3 aromatic rings. The van der Waals surface area contributed by atoms with Crippen LogP contribution in [0.1, 0.15) is 15.9 Å². The van der Waals surface area contributed by atoms with Gasteiger partial charge in [0.25, 0.3) is 11.5 Å². The van der Waals surface area contributed by atoms with Gasteiger partial charge < -0.3 is 10.3 Å². The molecule has 0 saturated carbocycles. The lowest BCUT2D eigenvalue weighted by atomic mass is 10.1. The average molecular weight is 352 g/mol. The Bertz CT molecular complexity index is 1050. The highest BCUT2D eigenvalue weighted by Crippen LogP contribution is 2.11. The summed E-state index contributed by atoms with van der Waals surface area (Å²) in [6.45, 7) is 4.33. The number of nitrogens with one attached hydrogen (secondary N) is 2. The molecule has 6 nitrogen and oxygen atoms in total. The van der Waals surface area contributed by atoms with Crippen molar-refractivity contribution in [3.8, 4) is 0 Å². The molecule has 0 saturated heterocycles. The molecule has 1 amide bonds. The molecule has 126 valence electrons. The Labute approximate surface area is 148 Å². The molecule has 0 bridgehead atoms. The first kappa shape index (κ1) is 16.8. The minimum atomic E-state index is -0.236. The molecule has 3 rings (SSSR count). The molecule has 0 radical (unpaired) electrons. The SMILES string of the molecule is C=CCn1c(=S)[nH]c2cc(C(=O)NCc3cccnc3)ccc2c1=O. The minimum absolute atomic E-state index is 0.207. The lowest BCUT2D eigenvalue weighted by molar-refractivity contribution is 0.0951. The summed E-state index contributed by atoms with van der Waals surface area (Å²) < 4.78 is 1.72. The van der Waals surface area contributed by atoms with E-state index in [2.05, 4.69) is 21.9 Å². The predicted molar refractivity (Wildman–Crippen MR) is 99.0 cm³/mol. The van der Waals surface area contributed by atoms with Crippen LogP contribution in [0.4, 0.5) is 0 Å². The fraction of sp³-hybridized carbons (Fsp3) is 0.111. The molecule has 1 aromatic carbocycles. The molecule has 0 aliphatic rings. The summed E-state index contributed by atoms with van der Waals surface area (Å²) in [5.41, 5.74) is 1.68. The Morgan fingerprint density at radius 2 is 2.24 bits per heavy atom. The van der Waals surface area contributed by atoms with Gasteiger partial charge in [-0.25, -0.2) is 0 Å². The second-order valence-corrected chi connectivity index (χ2v) is 5.83. The van der Waals surface area contributed by atoms with Crippen LogP contribution in [0.15, 0.2) is 60.2 Å². The number of nitrogens with zero attached hydrogens (tertiary/aromatic N) is 2. The summed E-state index contributed by atoms with van der Waals surface area (Å²) in [4.78, 5) is 31.8. The third-order valence-electron chi connectivity index (χ3n) is 3.73. The van der Waals surface area contributed by atoms with Crippen LogP contribution in [0, 0.1) is 4.77 Å². The fourth-order valence-electron chi connectivity index (χ4n) is 2.48. The second kappa shape index (κ2) is 7.23. The van der Waals surface area contributed by atoms with Gasteiger partial charge in [0, 0.05) is 31.0 Å². The second-order valence-electron chi connectivity index (χ2n) is 5.44. The standard InChI is InChI=1S/C18H16N4O2S/c1-2-8-22-17(24)14-6-5-13(9-15(14)21-18(22)25)16(23)20-11-12-4-3-7-19-10-12/h2-7,9-10H,1,8,11H2,(H,20,23)(H,21,25). The number of fused-ring (bicyclic) bond motifs is 1. The molecule has 25 heavy (non-hydrogen) atoms. The van der Waals surface area contributed by atoms with Crippen LogP contribution in [-0.2, 0) is 13.1 Å². The van der Waals surface area contributed by atoms with Gasteiger partial charge in [0.05, 0.1) is 10.9 Å². The zero-order valence-electron chi connectivity index (χ0n) is 13.4. The number of carbonyl (C=O) groups is 1. The topological polar surface area (TPSA) is 79.8 Å². The van der Waals surface area contributed by atoms with Crippen molar-refractivity contribution in [1.29, 1.82) is 0 Å². The highest BCUT2D eigenvalue weighted by molar-refractivity contribution is 7.71. The van der Waals surface area contributed by atoms with Gasteiger partial charge in [-0.1, -0.05) is 12.1 Å². The first-order valence-corrected chi connectivity index (χ1v) is 8.06. The third kappa shape index (κ3) is 3.56. The molecule has 2 N–H and O–H groups in total. The lowest BCUT2D eigenvalue weighted by Gasteiger charge is -2.08. The summed E-state index contributed by atoms with van der Waals surface area (Å²) in [5, 5.41) is 3.30. The van der Waals surface area contributed by atoms with E-state index < -0.39 is 0 Å². The van der Waals surface area contributed by atoms with E-state index >= 15 is 0 Å². The quantitative estimate of drug-likeness (QED) is 0.546. The van der Waals surface area contributed by atoms with Crippen LogP contribution >= 0.6 is 12.2 Å². The molecule has 0 fully saturated rings. The molecular weight excluding hydrogens is 336 g/mol. The van der Waals surface area contributed by atoms with Crippen LogP contribution in [0.25, 0.3) is 10.9 Å². The van der Waals surface area contributed by atoms with E-state index in [0.29, 0.717) is 34.3 Å². The first-order chi connectivity index (χ1) is 12.1. The number of hydrogen-bond donors (Lipinski definition) is 2. The maximum atomic E-state index is 12.5. The number of carbonyl (C=O) groups excluding carboxylic acids is 1. The molecule has 7 heteroatoms. The number of allylic oxidation sites excluding steroid dienone is 1. The van der Waals surface area contributed by atoms with E-state index in [-0.39, 0.29) is 11.5 Å². The zero-order valence-corrected chi connectivity index (χ0v) is 14.2. The summed E-state index contributed by atoms with van der Waals surface area (Å²) >= 11 is 5.21. The van der Waals surface area contributed by atoms with E-state index in [4.69, 9.17) is 12.2 Å². The Balaban J connectivity index is 1.89. The summed E-state index contributed by atoms with van der Waals surface area (Å²) in [6.07, 6.45) is 4.98. The third-order valence-corrected chi connectivity index (χ3v) is 4.05. The van der Waals surface area contributed by atoms with E-state index in [1.54, 1.807) is 36.7 Å². The Morgan fingerprint density at radius 1 is 1.40 bits per heavy atom. The number of aromatic amines is 1. The average Bonchev–Trinajstić information content (AvgIpc) is 2.63. The predicted octanol–water partition coefficient (Wildman–Crippen LogP) is 2.57. The molecule has 0 aliphatic heterocycles. The molecule has 2 heterocycles. The highest BCUT2D eigenvalue weighted by Gasteiger charge is 2.10. The number of H-pyrrole nitrogens is 1. The van der Waals surface area contributed by atoms with Gasteiger partial charge in [-0.05, 0) is 42.0 Å². The number of pyridine rings is 1. The van der Waals surface area contributed by atoms with Crippen LogP contribution in [-0.4, -0.2) is 20.4 Å². The van der Waals surface area contributed by atoms with Crippen molar-refractivity contribution < 1.29 is 4.79 Å². The van der Waals surface area contributed by atoms with Crippen molar-refractivity contribution in [1.82, 2.24) is 19.9 Å². The molecule has 0 aliphatic carbocycles. The van der Waals surface area contributed by atoms with Gasteiger partial charge in [-0.3, -0.25) is 19.1 Å². The van der Waals surface area contributed by atoms with Crippen molar-refractivity contribution in [2.75, 3.05) is 0 Å². The van der Waals surface area contributed by atoms with Gasteiger partial charge in [-0.15, -0.1) is 6.58 Å². The van der Waals surface area contributed by atoms with Gasteiger partial charge >= 0.3 is 0 Å². The maximum Gasteiger partial charge on any atom is 0.262 e. The lowest BCUT2D eigenvalue weighted by Crippen LogP contribution is -2.24. The maximum absolute atomic E-state index is 12.5. The Morgan fingerprint density at radius 3 is 2.96 bits per heavy atom. The highest BCUT2D eigenvalue weighted by atomic mass is 32.1. The van der Waals surface area contributed by atoms with Crippen LogP contribution in [0.3, 0.4) is 0 Å². The first-order valence-electron chi connectivity index (χ1n) is 7.65. The van der Waals surface area contributed by atoms with Crippen molar-refractivity contribution in [2.24, 2.45) is 0 Å². The summed E-state index contributed by atoms with van der Waals surface area (Å²) in [7, 11) is 0. The molecule has 2 aromatic heterocycles. The number of hydrogen-bond acceptors (Lipinski definition) is 4. The van der Waals surface area contributed by atoms with E-state index in [1.807, 2.05) is 12.1 Å². The molecule has 0 atom stereocenters. The Kier molecular flexibility index (Phi) is 4.85. The number of rotatable bonds is 5. The summed E-state index contributed by atoms with van der Waals surface area (Å²) in [6, 6.07) is 8.57. The molecule has 0 unspecified atom stereocenters. The monoisotopic (exact) mass is 352 g/mol. The van der Waals surface area contributed by atoms with Crippen molar-refractivity contribution >= 4 is 29.0 Å².